The number of hydrogen-bond acceptors (Lipinski definition) is 6. The van der Waals surface area contributed by atoms with Crippen molar-refractivity contribution in [2.45, 2.75) is 38.6 Å². The highest BCUT2D eigenvalue weighted by molar-refractivity contribution is 7.98. The summed E-state index contributed by atoms with van der Waals surface area (Å²) in [5.41, 5.74) is 7.65. The van der Waals surface area contributed by atoms with Gasteiger partial charge in [-0.2, -0.15) is 4.68 Å². The standard InChI is InChI=1S/C21H21N5OS/c1-13-5-8-19(16(4)9-13)20-22-17(11-27-20)12-28-21-23-24-25-26(21)18-7-6-14(2)15(3)10-18/h5-11H,12H2,1-4H3. The predicted molar refractivity (Wildman–Crippen MR) is 110 cm³/mol. The summed E-state index contributed by atoms with van der Waals surface area (Å²) >= 11 is 1.53. The second-order valence-electron chi connectivity index (χ2n) is 6.89. The molecule has 7 heteroatoms. The Hall–Kier alpha value is -2.93. The van der Waals surface area contributed by atoms with Crippen LogP contribution in [0.25, 0.3) is 17.1 Å². The molecule has 28 heavy (non-hydrogen) atoms. The van der Waals surface area contributed by atoms with Gasteiger partial charge in [-0.1, -0.05) is 35.5 Å². The Bertz CT molecular complexity index is 1130. The number of aryl methyl sites for hydroxylation is 4. The van der Waals surface area contributed by atoms with Crippen LogP contribution in [0.4, 0.5) is 0 Å². The summed E-state index contributed by atoms with van der Waals surface area (Å²) in [5, 5.41) is 12.8. The SMILES string of the molecule is Cc1ccc(-c2nc(CSc3nnnn3-c3ccc(C)c(C)c3)co2)c(C)c1. The van der Waals surface area contributed by atoms with E-state index in [1.807, 2.05) is 12.1 Å². The fourth-order valence-corrected chi connectivity index (χ4v) is 3.75. The number of tetrazole rings is 1. The van der Waals surface area contributed by atoms with E-state index >= 15 is 0 Å². The first-order valence-corrected chi connectivity index (χ1v) is 10.0. The van der Waals surface area contributed by atoms with Crippen molar-refractivity contribution in [1.29, 1.82) is 0 Å². The molecule has 4 aromatic rings. The number of hydrogen-bond donors (Lipinski definition) is 0. The van der Waals surface area contributed by atoms with Crippen LogP contribution < -0.4 is 0 Å². The summed E-state index contributed by atoms with van der Waals surface area (Å²) in [6, 6.07) is 12.4. The Morgan fingerprint density at radius 3 is 2.61 bits per heavy atom. The molecule has 0 fully saturated rings. The summed E-state index contributed by atoms with van der Waals surface area (Å²) in [5.74, 6) is 1.27. The van der Waals surface area contributed by atoms with Crippen molar-refractivity contribution in [1.82, 2.24) is 25.2 Å². The molecule has 4 rings (SSSR count). The molecule has 0 saturated heterocycles. The lowest BCUT2D eigenvalue weighted by atomic mass is 10.1. The first-order chi connectivity index (χ1) is 13.5. The van der Waals surface area contributed by atoms with Crippen molar-refractivity contribution < 1.29 is 4.42 Å². The van der Waals surface area contributed by atoms with Crippen LogP contribution in [-0.2, 0) is 5.75 Å². The van der Waals surface area contributed by atoms with Gasteiger partial charge in [0.2, 0.25) is 11.0 Å². The van der Waals surface area contributed by atoms with Gasteiger partial charge in [0.1, 0.15) is 6.26 Å². The summed E-state index contributed by atoms with van der Waals surface area (Å²) in [4.78, 5) is 4.63. The monoisotopic (exact) mass is 391 g/mol. The minimum absolute atomic E-state index is 0.625. The molecule has 0 aliphatic carbocycles. The van der Waals surface area contributed by atoms with E-state index in [1.54, 1.807) is 10.9 Å². The number of nitrogens with zero attached hydrogens (tertiary/aromatic N) is 5. The molecule has 0 aliphatic heterocycles. The van der Waals surface area contributed by atoms with Crippen LogP contribution in [0.15, 0.2) is 52.2 Å². The zero-order chi connectivity index (χ0) is 19.7. The van der Waals surface area contributed by atoms with E-state index in [0.717, 1.165) is 27.7 Å². The summed E-state index contributed by atoms with van der Waals surface area (Å²) in [7, 11) is 0. The third-order valence-corrected chi connectivity index (χ3v) is 5.64. The molecule has 6 nitrogen and oxygen atoms in total. The number of benzene rings is 2. The van der Waals surface area contributed by atoms with Crippen LogP contribution in [0.3, 0.4) is 0 Å². The molecule has 0 unspecified atom stereocenters. The van der Waals surface area contributed by atoms with Gasteiger partial charge in [-0.05, 0) is 73.0 Å². The minimum Gasteiger partial charge on any atom is -0.444 e. The van der Waals surface area contributed by atoms with E-state index in [1.165, 1.54) is 28.5 Å². The Morgan fingerprint density at radius 1 is 0.964 bits per heavy atom. The molecular weight excluding hydrogens is 370 g/mol. The van der Waals surface area contributed by atoms with Crippen LogP contribution in [0.5, 0.6) is 0 Å². The van der Waals surface area contributed by atoms with Crippen molar-refractivity contribution in [2.75, 3.05) is 0 Å². The molecule has 2 heterocycles. The lowest BCUT2D eigenvalue weighted by Gasteiger charge is -2.06. The zero-order valence-electron chi connectivity index (χ0n) is 16.3. The van der Waals surface area contributed by atoms with Crippen molar-refractivity contribution in [3.8, 4) is 17.1 Å². The van der Waals surface area contributed by atoms with E-state index in [0.29, 0.717) is 11.6 Å². The topological polar surface area (TPSA) is 69.6 Å². The number of oxazole rings is 1. The second-order valence-corrected chi connectivity index (χ2v) is 7.84. The third kappa shape index (κ3) is 3.71. The minimum atomic E-state index is 0.625. The fraction of sp³-hybridized carbons (Fsp3) is 0.238. The molecule has 0 spiro atoms. The molecule has 0 N–H and O–H groups in total. The molecule has 142 valence electrons. The Balaban J connectivity index is 1.51. The lowest BCUT2D eigenvalue weighted by molar-refractivity contribution is 0.573. The summed E-state index contributed by atoms with van der Waals surface area (Å²) < 4.78 is 7.45. The Kier molecular flexibility index (Phi) is 5.00. The van der Waals surface area contributed by atoms with E-state index in [9.17, 15) is 0 Å². The van der Waals surface area contributed by atoms with Gasteiger partial charge in [0.25, 0.3) is 0 Å². The van der Waals surface area contributed by atoms with Gasteiger partial charge in [-0.3, -0.25) is 0 Å². The van der Waals surface area contributed by atoms with Gasteiger partial charge in [-0.15, -0.1) is 5.10 Å². The summed E-state index contributed by atoms with van der Waals surface area (Å²) in [6.07, 6.45) is 1.70. The Morgan fingerprint density at radius 2 is 1.82 bits per heavy atom. The van der Waals surface area contributed by atoms with Gasteiger partial charge >= 0.3 is 0 Å². The zero-order valence-corrected chi connectivity index (χ0v) is 17.1. The molecule has 2 aromatic heterocycles. The normalized spacial score (nSPS) is 11.1. The number of thioether (sulfide) groups is 1. The highest BCUT2D eigenvalue weighted by Crippen LogP contribution is 2.27. The second kappa shape index (κ2) is 7.59. The lowest BCUT2D eigenvalue weighted by Crippen LogP contribution is -2.00. The third-order valence-electron chi connectivity index (χ3n) is 4.69. The highest BCUT2D eigenvalue weighted by atomic mass is 32.2. The van der Waals surface area contributed by atoms with E-state index in [-0.39, 0.29) is 0 Å². The molecule has 0 radical (unpaired) electrons. The van der Waals surface area contributed by atoms with Gasteiger partial charge in [0.05, 0.1) is 11.4 Å². The van der Waals surface area contributed by atoms with Crippen LogP contribution in [0, 0.1) is 27.7 Å². The van der Waals surface area contributed by atoms with Gasteiger partial charge in [0, 0.05) is 11.3 Å². The number of aromatic nitrogens is 5. The smallest absolute Gasteiger partial charge is 0.226 e. The van der Waals surface area contributed by atoms with Gasteiger partial charge < -0.3 is 4.42 Å². The van der Waals surface area contributed by atoms with Crippen molar-refractivity contribution in [3.05, 3.63) is 70.6 Å². The van der Waals surface area contributed by atoms with Crippen LogP contribution in [-0.4, -0.2) is 25.2 Å². The largest absolute Gasteiger partial charge is 0.444 e. The van der Waals surface area contributed by atoms with E-state index in [4.69, 9.17) is 4.42 Å². The first-order valence-electron chi connectivity index (χ1n) is 9.02. The molecule has 0 atom stereocenters. The quantitative estimate of drug-likeness (QED) is 0.453. The average molecular weight is 392 g/mol. The average Bonchev–Trinajstić information content (AvgIpc) is 3.31. The molecule has 0 bridgehead atoms. The van der Waals surface area contributed by atoms with Crippen molar-refractivity contribution in [3.63, 3.8) is 0 Å². The highest BCUT2D eigenvalue weighted by Gasteiger charge is 2.13. The first kappa shape index (κ1) is 18.4. The van der Waals surface area contributed by atoms with Gasteiger partial charge in [-0.25, -0.2) is 4.98 Å². The van der Waals surface area contributed by atoms with E-state index in [2.05, 4.69) is 72.5 Å². The Labute approximate surface area is 168 Å². The number of rotatable bonds is 5. The van der Waals surface area contributed by atoms with E-state index < -0.39 is 0 Å². The molecule has 0 saturated carbocycles. The molecule has 0 aliphatic rings. The maximum Gasteiger partial charge on any atom is 0.226 e. The van der Waals surface area contributed by atoms with Gasteiger partial charge in [0.15, 0.2) is 0 Å². The van der Waals surface area contributed by atoms with Crippen LogP contribution >= 0.6 is 11.8 Å². The maximum absolute atomic E-state index is 5.70. The molecular formula is C21H21N5OS. The van der Waals surface area contributed by atoms with Crippen molar-refractivity contribution >= 4 is 11.8 Å². The molecule has 0 amide bonds. The van der Waals surface area contributed by atoms with Crippen LogP contribution in [0.1, 0.15) is 27.9 Å². The van der Waals surface area contributed by atoms with Crippen LogP contribution in [0.2, 0.25) is 0 Å². The maximum atomic E-state index is 5.70. The fourth-order valence-electron chi connectivity index (χ4n) is 2.98. The summed E-state index contributed by atoms with van der Waals surface area (Å²) in [6.45, 7) is 8.32. The predicted octanol–water partition coefficient (Wildman–Crippen LogP) is 4.84. The molecule has 2 aromatic carbocycles. The van der Waals surface area contributed by atoms with Crippen molar-refractivity contribution in [2.24, 2.45) is 0 Å².